The number of carboxylic acids is 1. The van der Waals surface area contributed by atoms with Gasteiger partial charge in [-0.2, -0.15) is 0 Å². The van der Waals surface area contributed by atoms with Crippen LogP contribution in [0, 0.1) is 6.92 Å². The van der Waals surface area contributed by atoms with E-state index in [2.05, 4.69) is 25.1 Å². The van der Waals surface area contributed by atoms with Gasteiger partial charge in [0.2, 0.25) is 5.16 Å². The quantitative estimate of drug-likeness (QED) is 0.811. The molecule has 82 valence electrons. The third kappa shape index (κ3) is 2.34. The Morgan fingerprint density at radius 3 is 2.88 bits per heavy atom. The van der Waals surface area contributed by atoms with Crippen LogP contribution < -0.4 is 0 Å². The Kier molecular flexibility index (Phi) is 2.82. The number of aromatic nitrogens is 5. The summed E-state index contributed by atoms with van der Waals surface area (Å²) in [5.74, 6) is -0.425. The van der Waals surface area contributed by atoms with Gasteiger partial charge in [-0.05, 0) is 18.7 Å². The van der Waals surface area contributed by atoms with Gasteiger partial charge in [-0.15, -0.1) is 5.10 Å². The molecule has 0 radical (unpaired) electrons. The summed E-state index contributed by atoms with van der Waals surface area (Å²) in [6.45, 7) is 1.77. The Balaban J connectivity index is 2.21. The van der Waals surface area contributed by atoms with Crippen molar-refractivity contribution in [2.24, 2.45) is 0 Å². The molecule has 0 amide bonds. The number of aryl methyl sites for hydroxylation is 1. The Morgan fingerprint density at radius 2 is 2.25 bits per heavy atom. The van der Waals surface area contributed by atoms with Gasteiger partial charge in [0.05, 0.1) is 12.4 Å². The van der Waals surface area contributed by atoms with E-state index in [0.717, 1.165) is 11.8 Å². The monoisotopic (exact) mass is 237 g/mol. The first-order valence-electron chi connectivity index (χ1n) is 4.27. The number of nitrogens with one attached hydrogen (secondary N) is 1. The second-order valence-electron chi connectivity index (χ2n) is 2.85. The van der Waals surface area contributed by atoms with E-state index >= 15 is 0 Å². The van der Waals surface area contributed by atoms with E-state index < -0.39 is 5.97 Å². The summed E-state index contributed by atoms with van der Waals surface area (Å²) in [6.07, 6.45) is 2.65. The SMILES string of the molecule is Cc1nc(Sc2cncc(C(=O)O)n2)n[nH]1. The van der Waals surface area contributed by atoms with E-state index in [1.54, 1.807) is 6.92 Å². The maximum absolute atomic E-state index is 10.7. The predicted octanol–water partition coefficient (Wildman–Crippen LogP) is 0.753. The highest BCUT2D eigenvalue weighted by atomic mass is 32.2. The number of H-pyrrole nitrogens is 1. The van der Waals surface area contributed by atoms with Gasteiger partial charge in [0.25, 0.3) is 0 Å². The van der Waals surface area contributed by atoms with Gasteiger partial charge in [-0.3, -0.25) is 10.1 Å². The summed E-state index contributed by atoms with van der Waals surface area (Å²) in [6, 6.07) is 0. The van der Waals surface area contributed by atoms with Gasteiger partial charge in [-0.25, -0.2) is 14.8 Å². The van der Waals surface area contributed by atoms with E-state index in [4.69, 9.17) is 5.11 Å². The van der Waals surface area contributed by atoms with E-state index in [-0.39, 0.29) is 5.69 Å². The van der Waals surface area contributed by atoms with E-state index in [1.807, 2.05) is 0 Å². The zero-order chi connectivity index (χ0) is 11.5. The first-order valence-corrected chi connectivity index (χ1v) is 5.09. The zero-order valence-corrected chi connectivity index (χ0v) is 9.02. The molecular weight excluding hydrogens is 230 g/mol. The molecule has 0 atom stereocenters. The first kappa shape index (κ1) is 10.6. The van der Waals surface area contributed by atoms with Crippen LogP contribution in [0.1, 0.15) is 16.3 Å². The van der Waals surface area contributed by atoms with Gasteiger partial charge in [0, 0.05) is 0 Å². The van der Waals surface area contributed by atoms with Gasteiger partial charge in [0.15, 0.2) is 5.69 Å². The van der Waals surface area contributed by atoms with Crippen molar-refractivity contribution >= 4 is 17.7 Å². The number of aromatic carboxylic acids is 1. The van der Waals surface area contributed by atoms with Crippen molar-refractivity contribution in [2.45, 2.75) is 17.1 Å². The fourth-order valence-electron chi connectivity index (χ4n) is 0.962. The molecule has 2 rings (SSSR count). The molecule has 8 heteroatoms. The average molecular weight is 237 g/mol. The maximum Gasteiger partial charge on any atom is 0.356 e. The average Bonchev–Trinajstić information content (AvgIpc) is 2.64. The lowest BCUT2D eigenvalue weighted by atomic mass is 10.5. The van der Waals surface area contributed by atoms with E-state index in [9.17, 15) is 4.79 Å². The lowest BCUT2D eigenvalue weighted by molar-refractivity contribution is 0.0689. The summed E-state index contributed by atoms with van der Waals surface area (Å²) in [7, 11) is 0. The second kappa shape index (κ2) is 4.27. The number of carboxylic acid groups (broad SMARTS) is 1. The largest absolute Gasteiger partial charge is 0.476 e. The van der Waals surface area contributed by atoms with Crippen LogP contribution in [-0.2, 0) is 0 Å². The molecule has 0 unspecified atom stereocenters. The smallest absolute Gasteiger partial charge is 0.356 e. The van der Waals surface area contributed by atoms with Crippen molar-refractivity contribution in [3.8, 4) is 0 Å². The molecule has 2 aromatic rings. The highest BCUT2D eigenvalue weighted by Crippen LogP contribution is 2.21. The van der Waals surface area contributed by atoms with Crippen LogP contribution >= 0.6 is 11.8 Å². The molecule has 7 nitrogen and oxygen atoms in total. The Bertz CT molecular complexity index is 527. The number of hydrogen-bond donors (Lipinski definition) is 2. The minimum atomic E-state index is -1.11. The molecule has 0 aliphatic rings. The molecule has 0 aliphatic carbocycles. The fourth-order valence-corrected chi connectivity index (χ4v) is 1.68. The summed E-state index contributed by atoms with van der Waals surface area (Å²) in [4.78, 5) is 22.4. The van der Waals surface area contributed by atoms with E-state index in [0.29, 0.717) is 16.0 Å². The number of carbonyl (C=O) groups is 1. The summed E-state index contributed by atoms with van der Waals surface area (Å²) < 4.78 is 0. The highest BCUT2D eigenvalue weighted by molar-refractivity contribution is 7.99. The van der Waals surface area contributed by atoms with Crippen LogP contribution in [-0.4, -0.2) is 36.2 Å². The molecule has 0 aromatic carbocycles. The van der Waals surface area contributed by atoms with Crippen LogP contribution in [0.5, 0.6) is 0 Å². The second-order valence-corrected chi connectivity index (χ2v) is 3.84. The first-order chi connectivity index (χ1) is 7.65. The number of aromatic amines is 1. The molecule has 0 saturated carbocycles. The molecular formula is C8H7N5O2S. The van der Waals surface area contributed by atoms with E-state index in [1.165, 1.54) is 12.4 Å². The summed E-state index contributed by atoms with van der Waals surface area (Å²) in [5.41, 5.74) is -0.0998. The third-order valence-corrected chi connectivity index (χ3v) is 2.38. The van der Waals surface area contributed by atoms with Crippen molar-refractivity contribution < 1.29 is 9.90 Å². The Labute approximate surface area is 94.4 Å². The summed E-state index contributed by atoms with van der Waals surface area (Å²) >= 11 is 1.15. The Hall–Kier alpha value is -1.96. The van der Waals surface area contributed by atoms with Crippen molar-refractivity contribution in [1.29, 1.82) is 0 Å². The maximum atomic E-state index is 10.7. The lowest BCUT2D eigenvalue weighted by Gasteiger charge is -1.96. The van der Waals surface area contributed by atoms with Gasteiger partial charge in [-0.1, -0.05) is 0 Å². The molecule has 0 fully saturated rings. The molecule has 2 N–H and O–H groups in total. The molecule has 0 saturated heterocycles. The summed E-state index contributed by atoms with van der Waals surface area (Å²) in [5, 5.41) is 16.2. The molecule has 16 heavy (non-hydrogen) atoms. The van der Waals surface area contributed by atoms with Crippen molar-refractivity contribution in [2.75, 3.05) is 0 Å². The minimum Gasteiger partial charge on any atom is -0.476 e. The highest BCUT2D eigenvalue weighted by Gasteiger charge is 2.09. The molecule has 2 heterocycles. The third-order valence-electron chi connectivity index (χ3n) is 1.60. The lowest BCUT2D eigenvalue weighted by Crippen LogP contribution is -2.01. The van der Waals surface area contributed by atoms with Crippen LogP contribution in [0.25, 0.3) is 0 Å². The Morgan fingerprint density at radius 1 is 1.44 bits per heavy atom. The number of rotatable bonds is 3. The molecule has 0 bridgehead atoms. The zero-order valence-electron chi connectivity index (χ0n) is 8.21. The van der Waals surface area contributed by atoms with Crippen LogP contribution in [0.3, 0.4) is 0 Å². The standard InChI is InChI=1S/C8H7N5O2S/c1-4-10-8(13-12-4)16-6-3-9-2-5(11-6)7(14)15/h2-3H,1H3,(H,14,15)(H,10,12,13). The molecule has 2 aromatic heterocycles. The topological polar surface area (TPSA) is 105 Å². The molecule has 0 spiro atoms. The van der Waals surface area contributed by atoms with Crippen LogP contribution in [0.2, 0.25) is 0 Å². The van der Waals surface area contributed by atoms with Gasteiger partial charge < -0.3 is 5.11 Å². The van der Waals surface area contributed by atoms with Crippen molar-refractivity contribution in [3.05, 3.63) is 23.9 Å². The molecule has 0 aliphatic heterocycles. The normalized spacial score (nSPS) is 10.3. The van der Waals surface area contributed by atoms with Crippen molar-refractivity contribution in [3.63, 3.8) is 0 Å². The van der Waals surface area contributed by atoms with Crippen LogP contribution in [0.15, 0.2) is 22.6 Å². The van der Waals surface area contributed by atoms with Gasteiger partial charge in [0.1, 0.15) is 10.9 Å². The van der Waals surface area contributed by atoms with Crippen molar-refractivity contribution in [1.82, 2.24) is 25.1 Å². The number of nitrogens with zero attached hydrogens (tertiary/aromatic N) is 4. The fraction of sp³-hybridized carbons (Fsp3) is 0.125. The van der Waals surface area contributed by atoms with Gasteiger partial charge >= 0.3 is 5.97 Å². The number of hydrogen-bond acceptors (Lipinski definition) is 6. The van der Waals surface area contributed by atoms with Crippen LogP contribution in [0.4, 0.5) is 0 Å². The minimum absolute atomic E-state index is 0.0998. The predicted molar refractivity (Wildman–Crippen MR) is 54.2 cm³/mol.